The second kappa shape index (κ2) is 3.99. The monoisotopic (exact) mass is 213 g/mol. The predicted molar refractivity (Wildman–Crippen MR) is 61.6 cm³/mol. The summed E-state index contributed by atoms with van der Waals surface area (Å²) in [7, 11) is 0. The van der Waals surface area contributed by atoms with E-state index in [9.17, 15) is 5.11 Å². The van der Waals surface area contributed by atoms with Crippen LogP contribution >= 0.6 is 0 Å². The molecule has 0 saturated heterocycles. The van der Waals surface area contributed by atoms with Crippen LogP contribution in [0.15, 0.2) is 30.5 Å². The van der Waals surface area contributed by atoms with Crippen LogP contribution in [0.3, 0.4) is 0 Å². The fourth-order valence-corrected chi connectivity index (χ4v) is 1.45. The molecule has 0 radical (unpaired) electrons. The summed E-state index contributed by atoms with van der Waals surface area (Å²) in [6, 6.07) is 8.69. The lowest BCUT2D eigenvalue weighted by Crippen LogP contribution is -1.91. The first-order chi connectivity index (χ1) is 7.70. The Morgan fingerprint density at radius 2 is 2.19 bits per heavy atom. The van der Waals surface area contributed by atoms with Crippen molar-refractivity contribution in [1.82, 2.24) is 4.98 Å². The number of phenolic OH excluding ortho intramolecular Hbond substituents is 1. The van der Waals surface area contributed by atoms with Gasteiger partial charge >= 0.3 is 0 Å². The topological polar surface area (TPSA) is 71.8 Å². The second-order valence-corrected chi connectivity index (χ2v) is 3.49. The molecular formula is C12H11N3O. The highest BCUT2D eigenvalue weighted by molar-refractivity contribution is 5.64. The van der Waals surface area contributed by atoms with E-state index in [2.05, 4.69) is 10.3 Å². The third kappa shape index (κ3) is 1.84. The lowest BCUT2D eigenvalue weighted by molar-refractivity contribution is 0.474. The summed E-state index contributed by atoms with van der Waals surface area (Å²) in [6.07, 6.45) is 1.83. The fourth-order valence-electron chi connectivity index (χ4n) is 1.45. The van der Waals surface area contributed by atoms with Crippen LogP contribution in [0.25, 0.3) is 0 Å². The number of aryl methyl sites for hydroxylation is 1. The van der Waals surface area contributed by atoms with Crippen LogP contribution in [0.2, 0.25) is 0 Å². The summed E-state index contributed by atoms with van der Waals surface area (Å²) >= 11 is 0. The zero-order chi connectivity index (χ0) is 11.5. The number of rotatable bonds is 2. The maximum absolute atomic E-state index is 9.52. The van der Waals surface area contributed by atoms with Gasteiger partial charge in [0.1, 0.15) is 11.8 Å². The van der Waals surface area contributed by atoms with Crippen molar-refractivity contribution in [3.05, 3.63) is 41.7 Å². The van der Waals surface area contributed by atoms with Crippen LogP contribution in [0.1, 0.15) is 11.3 Å². The van der Waals surface area contributed by atoms with Crippen LogP contribution in [0.4, 0.5) is 11.4 Å². The SMILES string of the molecule is Cc1[nH]ccc1Nc1ccc(C#N)c(O)c1. The van der Waals surface area contributed by atoms with Gasteiger partial charge in [-0.25, -0.2) is 0 Å². The normalized spacial score (nSPS) is 9.75. The summed E-state index contributed by atoms with van der Waals surface area (Å²) in [5.41, 5.74) is 2.99. The van der Waals surface area contributed by atoms with E-state index in [0.29, 0.717) is 0 Å². The minimum Gasteiger partial charge on any atom is -0.506 e. The van der Waals surface area contributed by atoms with E-state index in [-0.39, 0.29) is 11.3 Å². The highest BCUT2D eigenvalue weighted by Crippen LogP contribution is 2.25. The van der Waals surface area contributed by atoms with Gasteiger partial charge in [-0.1, -0.05) is 0 Å². The molecule has 0 atom stereocenters. The van der Waals surface area contributed by atoms with E-state index in [1.165, 1.54) is 6.07 Å². The molecule has 3 N–H and O–H groups in total. The van der Waals surface area contributed by atoms with Gasteiger partial charge in [0.05, 0.1) is 11.3 Å². The van der Waals surface area contributed by atoms with Crippen LogP contribution in [0.5, 0.6) is 5.75 Å². The van der Waals surface area contributed by atoms with Crippen molar-refractivity contribution >= 4 is 11.4 Å². The van der Waals surface area contributed by atoms with Gasteiger partial charge in [0.15, 0.2) is 0 Å². The number of nitriles is 1. The molecule has 0 unspecified atom stereocenters. The molecular weight excluding hydrogens is 202 g/mol. The molecule has 4 nitrogen and oxygen atoms in total. The smallest absolute Gasteiger partial charge is 0.135 e. The Kier molecular flexibility index (Phi) is 2.52. The number of nitrogens with zero attached hydrogens (tertiary/aromatic N) is 1. The lowest BCUT2D eigenvalue weighted by atomic mass is 10.2. The van der Waals surface area contributed by atoms with E-state index in [4.69, 9.17) is 5.26 Å². The van der Waals surface area contributed by atoms with Gasteiger partial charge < -0.3 is 15.4 Å². The molecule has 1 heterocycles. The molecule has 0 aliphatic carbocycles. The van der Waals surface area contributed by atoms with Gasteiger partial charge in [-0.15, -0.1) is 0 Å². The van der Waals surface area contributed by atoms with Crippen molar-refractivity contribution in [3.63, 3.8) is 0 Å². The van der Waals surface area contributed by atoms with Crippen LogP contribution < -0.4 is 5.32 Å². The predicted octanol–water partition coefficient (Wildman–Crippen LogP) is 2.64. The van der Waals surface area contributed by atoms with Crippen LogP contribution in [0, 0.1) is 18.3 Å². The molecule has 0 saturated carbocycles. The molecule has 0 aliphatic heterocycles. The van der Waals surface area contributed by atoms with Crippen molar-refractivity contribution in [2.24, 2.45) is 0 Å². The zero-order valence-corrected chi connectivity index (χ0v) is 8.78. The maximum atomic E-state index is 9.52. The number of anilines is 2. The molecule has 80 valence electrons. The van der Waals surface area contributed by atoms with Crippen molar-refractivity contribution in [2.45, 2.75) is 6.92 Å². The minimum absolute atomic E-state index is 0.0133. The van der Waals surface area contributed by atoms with E-state index < -0.39 is 0 Å². The van der Waals surface area contributed by atoms with Crippen molar-refractivity contribution in [2.75, 3.05) is 5.32 Å². The highest BCUT2D eigenvalue weighted by Gasteiger charge is 2.03. The first-order valence-electron chi connectivity index (χ1n) is 4.85. The molecule has 1 aromatic carbocycles. The van der Waals surface area contributed by atoms with Crippen molar-refractivity contribution in [1.29, 1.82) is 5.26 Å². The van der Waals surface area contributed by atoms with Gasteiger partial charge in [0.25, 0.3) is 0 Å². The second-order valence-electron chi connectivity index (χ2n) is 3.49. The summed E-state index contributed by atoms with van der Waals surface area (Å²) in [4.78, 5) is 3.05. The van der Waals surface area contributed by atoms with Gasteiger partial charge in [0.2, 0.25) is 0 Å². The quantitative estimate of drug-likeness (QED) is 0.718. The number of phenols is 1. The number of hydrogen-bond acceptors (Lipinski definition) is 3. The molecule has 0 amide bonds. The number of hydrogen-bond donors (Lipinski definition) is 3. The molecule has 0 aliphatic rings. The van der Waals surface area contributed by atoms with Crippen LogP contribution in [-0.2, 0) is 0 Å². The molecule has 0 spiro atoms. The third-order valence-corrected chi connectivity index (χ3v) is 2.35. The lowest BCUT2D eigenvalue weighted by Gasteiger charge is -2.06. The van der Waals surface area contributed by atoms with E-state index >= 15 is 0 Å². The molecule has 16 heavy (non-hydrogen) atoms. The molecule has 4 heteroatoms. The summed E-state index contributed by atoms with van der Waals surface area (Å²) in [5.74, 6) is -0.0133. The molecule has 2 rings (SSSR count). The number of nitrogens with one attached hydrogen (secondary N) is 2. The molecule has 2 aromatic rings. The first-order valence-corrected chi connectivity index (χ1v) is 4.85. The van der Waals surface area contributed by atoms with Gasteiger partial charge in [-0.3, -0.25) is 0 Å². The van der Waals surface area contributed by atoms with Crippen molar-refractivity contribution in [3.8, 4) is 11.8 Å². The number of H-pyrrole nitrogens is 1. The average Bonchev–Trinajstić information content (AvgIpc) is 2.65. The Bertz CT molecular complexity index is 552. The van der Waals surface area contributed by atoms with Gasteiger partial charge in [-0.2, -0.15) is 5.26 Å². The molecule has 0 bridgehead atoms. The largest absolute Gasteiger partial charge is 0.506 e. The Labute approximate surface area is 93.2 Å². The van der Waals surface area contributed by atoms with Gasteiger partial charge in [0, 0.05) is 23.6 Å². The Hall–Kier alpha value is -2.41. The zero-order valence-electron chi connectivity index (χ0n) is 8.78. The Balaban J connectivity index is 2.27. The highest BCUT2D eigenvalue weighted by atomic mass is 16.3. The van der Waals surface area contributed by atoms with Crippen molar-refractivity contribution < 1.29 is 5.11 Å². The summed E-state index contributed by atoms with van der Waals surface area (Å²) < 4.78 is 0. The van der Waals surface area contributed by atoms with Crippen LogP contribution in [-0.4, -0.2) is 10.1 Å². The van der Waals surface area contributed by atoms with Gasteiger partial charge in [-0.05, 0) is 25.1 Å². The summed E-state index contributed by atoms with van der Waals surface area (Å²) in [5, 5.41) is 21.3. The number of aromatic hydroxyl groups is 1. The van der Waals surface area contributed by atoms with E-state index in [0.717, 1.165) is 17.1 Å². The Morgan fingerprint density at radius 1 is 1.38 bits per heavy atom. The molecule has 0 fully saturated rings. The maximum Gasteiger partial charge on any atom is 0.135 e. The number of aromatic amines is 1. The number of aromatic nitrogens is 1. The Morgan fingerprint density at radius 3 is 2.75 bits per heavy atom. The average molecular weight is 213 g/mol. The van der Waals surface area contributed by atoms with E-state index in [1.54, 1.807) is 12.1 Å². The third-order valence-electron chi connectivity index (χ3n) is 2.35. The number of benzene rings is 1. The van der Waals surface area contributed by atoms with E-state index in [1.807, 2.05) is 25.3 Å². The molecule has 1 aromatic heterocycles. The first kappa shape index (κ1) is 10.1. The standard InChI is InChI=1S/C12H11N3O/c1-8-11(4-5-14-8)15-10-3-2-9(7-13)12(16)6-10/h2-6,14-16H,1H3. The summed E-state index contributed by atoms with van der Waals surface area (Å²) in [6.45, 7) is 1.95. The minimum atomic E-state index is -0.0133. The fraction of sp³-hybridized carbons (Fsp3) is 0.0833.